The quantitative estimate of drug-likeness (QED) is 0.518. The van der Waals surface area contributed by atoms with Crippen LogP contribution >= 0.6 is 0 Å². The number of hydrogen-bond acceptors (Lipinski definition) is 5. The molecule has 1 unspecified atom stereocenters. The van der Waals surface area contributed by atoms with Crippen LogP contribution in [-0.2, 0) is 14.9 Å². The highest BCUT2D eigenvalue weighted by Gasteiger charge is 2.45. The van der Waals surface area contributed by atoms with E-state index in [1.807, 2.05) is 6.07 Å². The topological polar surface area (TPSA) is 90.6 Å². The number of ether oxygens (including phenoxy) is 1. The minimum absolute atomic E-state index is 0.102. The summed E-state index contributed by atoms with van der Waals surface area (Å²) in [6.07, 6.45) is 0. The molecule has 0 spiro atoms. The lowest BCUT2D eigenvalue weighted by atomic mass is 9.74. The second-order valence-corrected chi connectivity index (χ2v) is 6.21. The molecule has 0 saturated heterocycles. The number of rotatable bonds is 5. The summed E-state index contributed by atoms with van der Waals surface area (Å²) in [5.74, 6) is -1.48. The van der Waals surface area contributed by atoms with E-state index in [1.54, 1.807) is 61.5 Å². The highest BCUT2D eigenvalue weighted by Crippen LogP contribution is 2.43. The normalized spacial score (nSPS) is 12.6. The van der Waals surface area contributed by atoms with Gasteiger partial charge in [0.25, 0.3) is 0 Å². The predicted molar refractivity (Wildman–Crippen MR) is 105 cm³/mol. The van der Waals surface area contributed by atoms with E-state index < -0.39 is 17.1 Å². The molecule has 0 heterocycles. The van der Waals surface area contributed by atoms with Gasteiger partial charge in [0.1, 0.15) is 0 Å². The Kier molecular flexibility index (Phi) is 5.32. The van der Waals surface area contributed by atoms with Crippen molar-refractivity contribution >= 4 is 5.97 Å². The third kappa shape index (κ3) is 3.17. The summed E-state index contributed by atoms with van der Waals surface area (Å²) in [6.45, 7) is 1.76. The van der Waals surface area contributed by atoms with Gasteiger partial charge in [-0.1, -0.05) is 60.7 Å². The average molecular weight is 373 g/mol. The van der Waals surface area contributed by atoms with Crippen LogP contribution in [0.4, 0.5) is 0 Å². The van der Waals surface area contributed by atoms with Gasteiger partial charge in [-0.15, -0.1) is 0 Å². The molecule has 140 valence electrons. The van der Waals surface area contributed by atoms with E-state index in [4.69, 9.17) is 4.74 Å². The third-order valence-electron chi connectivity index (χ3n) is 4.56. The number of aromatic hydroxyl groups is 2. The van der Waals surface area contributed by atoms with Crippen molar-refractivity contribution < 1.29 is 19.7 Å². The van der Waals surface area contributed by atoms with E-state index in [0.29, 0.717) is 16.7 Å². The number of phenols is 2. The molecule has 0 saturated carbocycles. The van der Waals surface area contributed by atoms with Gasteiger partial charge < -0.3 is 14.9 Å². The maximum absolute atomic E-state index is 13.0. The third-order valence-corrected chi connectivity index (χ3v) is 4.56. The standard InChI is InChI=1S/C23H19NO4/c1-2-28-22(27)23(15-24,17-11-7-4-8-12-17)18-13-19(21(26)20(25)14-18)16-9-5-3-6-10-16/h3-14,25-26H,2H2,1H3. The molecular formula is C23H19NO4. The van der Waals surface area contributed by atoms with E-state index in [1.165, 1.54) is 12.1 Å². The number of carbonyl (C=O) groups excluding carboxylic acids is 1. The maximum atomic E-state index is 13.0. The van der Waals surface area contributed by atoms with Crippen molar-refractivity contribution in [3.63, 3.8) is 0 Å². The van der Waals surface area contributed by atoms with Crippen LogP contribution in [-0.4, -0.2) is 22.8 Å². The molecule has 2 N–H and O–H groups in total. The Morgan fingerprint density at radius 1 is 1.00 bits per heavy atom. The molecule has 3 aromatic rings. The first kappa shape index (κ1) is 19.0. The minimum atomic E-state index is -1.79. The van der Waals surface area contributed by atoms with Crippen LogP contribution in [0.1, 0.15) is 18.1 Å². The lowest BCUT2D eigenvalue weighted by Gasteiger charge is -2.26. The van der Waals surface area contributed by atoms with Gasteiger partial charge in [-0.2, -0.15) is 5.26 Å². The van der Waals surface area contributed by atoms with Crippen LogP contribution in [0, 0.1) is 11.3 Å². The van der Waals surface area contributed by atoms with Crippen LogP contribution in [0.5, 0.6) is 11.5 Å². The van der Waals surface area contributed by atoms with Crippen molar-refractivity contribution in [2.24, 2.45) is 0 Å². The molecule has 28 heavy (non-hydrogen) atoms. The summed E-state index contributed by atoms with van der Waals surface area (Å²) >= 11 is 0. The Hall–Kier alpha value is -3.78. The zero-order valence-electron chi connectivity index (χ0n) is 15.3. The van der Waals surface area contributed by atoms with Gasteiger partial charge in [0.2, 0.25) is 5.41 Å². The Balaban J connectivity index is 2.32. The van der Waals surface area contributed by atoms with Gasteiger partial charge in [-0.05, 0) is 35.7 Å². The highest BCUT2D eigenvalue weighted by molar-refractivity contribution is 5.92. The van der Waals surface area contributed by atoms with E-state index >= 15 is 0 Å². The summed E-state index contributed by atoms with van der Waals surface area (Å²) < 4.78 is 5.22. The minimum Gasteiger partial charge on any atom is -0.504 e. The van der Waals surface area contributed by atoms with E-state index in [-0.39, 0.29) is 17.9 Å². The first-order chi connectivity index (χ1) is 13.5. The molecule has 0 aliphatic heterocycles. The average Bonchev–Trinajstić information content (AvgIpc) is 2.73. The number of nitrogens with zero attached hydrogens (tertiary/aromatic N) is 1. The summed E-state index contributed by atoms with van der Waals surface area (Å²) in [5.41, 5.74) is -0.198. The van der Waals surface area contributed by atoms with E-state index in [9.17, 15) is 20.3 Å². The van der Waals surface area contributed by atoms with Crippen LogP contribution in [0.2, 0.25) is 0 Å². The number of phenolic OH excluding ortho intramolecular Hbond substituents is 2. The Bertz CT molecular complexity index is 1030. The van der Waals surface area contributed by atoms with Crippen molar-refractivity contribution in [3.05, 3.63) is 83.9 Å². The molecule has 0 fully saturated rings. The molecule has 1 atom stereocenters. The molecule has 3 rings (SSSR count). The lowest BCUT2D eigenvalue weighted by molar-refractivity contribution is -0.146. The van der Waals surface area contributed by atoms with Gasteiger partial charge in [0, 0.05) is 5.56 Å². The largest absolute Gasteiger partial charge is 0.504 e. The predicted octanol–water partition coefficient (Wildman–Crippen LogP) is 4.14. The smallest absolute Gasteiger partial charge is 0.335 e. The first-order valence-electron chi connectivity index (χ1n) is 8.80. The summed E-state index contributed by atoms with van der Waals surface area (Å²) in [5, 5.41) is 30.8. The van der Waals surface area contributed by atoms with Crippen LogP contribution < -0.4 is 0 Å². The Morgan fingerprint density at radius 3 is 2.18 bits per heavy atom. The highest BCUT2D eigenvalue weighted by atomic mass is 16.5. The number of nitriles is 1. The lowest BCUT2D eigenvalue weighted by Crippen LogP contribution is -2.37. The van der Waals surface area contributed by atoms with Gasteiger partial charge in [-0.3, -0.25) is 0 Å². The molecule has 0 amide bonds. The van der Waals surface area contributed by atoms with E-state index in [0.717, 1.165) is 0 Å². The zero-order chi connectivity index (χ0) is 20.1. The van der Waals surface area contributed by atoms with E-state index in [2.05, 4.69) is 6.07 Å². The fraction of sp³-hybridized carbons (Fsp3) is 0.130. The number of benzene rings is 3. The Morgan fingerprint density at radius 2 is 1.61 bits per heavy atom. The van der Waals surface area contributed by atoms with Crippen molar-refractivity contribution in [3.8, 4) is 28.7 Å². The van der Waals surface area contributed by atoms with Crippen molar-refractivity contribution in [2.75, 3.05) is 6.61 Å². The molecule has 0 bridgehead atoms. The van der Waals surface area contributed by atoms with Crippen molar-refractivity contribution in [1.82, 2.24) is 0 Å². The van der Waals surface area contributed by atoms with Crippen molar-refractivity contribution in [2.45, 2.75) is 12.3 Å². The second-order valence-electron chi connectivity index (χ2n) is 6.21. The molecular weight excluding hydrogens is 354 g/mol. The molecule has 3 aromatic carbocycles. The number of hydrogen-bond donors (Lipinski definition) is 2. The second kappa shape index (κ2) is 7.85. The molecule has 0 aliphatic carbocycles. The number of carbonyl (C=O) groups is 1. The van der Waals surface area contributed by atoms with Gasteiger partial charge in [-0.25, -0.2) is 4.79 Å². The van der Waals surface area contributed by atoms with Gasteiger partial charge >= 0.3 is 5.97 Å². The summed E-state index contributed by atoms with van der Waals surface area (Å²) in [6, 6.07) is 22.3. The van der Waals surface area contributed by atoms with Gasteiger partial charge in [0.15, 0.2) is 11.5 Å². The van der Waals surface area contributed by atoms with Crippen LogP contribution in [0.3, 0.4) is 0 Å². The number of esters is 1. The summed E-state index contributed by atoms with van der Waals surface area (Å²) in [4.78, 5) is 13.0. The SMILES string of the molecule is CCOC(=O)C(C#N)(c1ccccc1)c1cc(O)c(O)c(-c2ccccc2)c1. The van der Waals surface area contributed by atoms with Gasteiger partial charge in [0.05, 0.1) is 12.7 Å². The maximum Gasteiger partial charge on any atom is 0.335 e. The molecule has 5 nitrogen and oxygen atoms in total. The summed E-state index contributed by atoms with van der Waals surface area (Å²) in [7, 11) is 0. The fourth-order valence-corrected chi connectivity index (χ4v) is 3.18. The molecule has 5 heteroatoms. The fourth-order valence-electron chi connectivity index (χ4n) is 3.18. The molecule has 0 aromatic heterocycles. The van der Waals surface area contributed by atoms with Crippen LogP contribution in [0.25, 0.3) is 11.1 Å². The molecule has 0 radical (unpaired) electrons. The Labute approximate surface area is 163 Å². The monoisotopic (exact) mass is 373 g/mol. The van der Waals surface area contributed by atoms with Crippen LogP contribution in [0.15, 0.2) is 72.8 Å². The first-order valence-corrected chi connectivity index (χ1v) is 8.80. The zero-order valence-corrected chi connectivity index (χ0v) is 15.3. The van der Waals surface area contributed by atoms with Crippen molar-refractivity contribution in [1.29, 1.82) is 5.26 Å². The molecule has 0 aliphatic rings.